The summed E-state index contributed by atoms with van der Waals surface area (Å²) in [6.07, 6.45) is 1.63. The Kier molecular flexibility index (Phi) is 3.71. The van der Waals surface area contributed by atoms with E-state index in [0.29, 0.717) is 5.70 Å². The molecule has 74 valence electrons. The average Bonchev–Trinajstić information content (AvgIpc) is 2.18. The first kappa shape index (κ1) is 10.8. The molecule has 0 aliphatic rings. The number of rotatable bonds is 2. The summed E-state index contributed by atoms with van der Waals surface area (Å²) >= 11 is 3.30. The fourth-order valence-electron chi connectivity index (χ4n) is 0.962. The predicted octanol–water partition coefficient (Wildman–Crippen LogP) is 2.12. The van der Waals surface area contributed by atoms with Gasteiger partial charge >= 0.3 is 0 Å². The highest BCUT2D eigenvalue weighted by Crippen LogP contribution is 2.19. The van der Waals surface area contributed by atoms with Crippen molar-refractivity contribution in [3.8, 4) is 5.75 Å². The maximum atomic E-state index is 9.09. The highest BCUT2D eigenvalue weighted by atomic mass is 79.9. The Morgan fingerprint density at radius 2 is 2.00 bits per heavy atom. The molecule has 0 fully saturated rings. The molecule has 0 aliphatic heterocycles. The number of allylic oxidation sites excluding steroid dienone is 1. The minimum absolute atomic E-state index is 0.224. The fraction of sp³-hybridized carbons (Fsp3) is 0.100. The molecule has 0 saturated carbocycles. The van der Waals surface area contributed by atoms with Crippen LogP contribution in [0.25, 0.3) is 5.70 Å². The molecule has 3 N–H and O–H groups in total. The quantitative estimate of drug-likeness (QED) is 0.795. The largest absolute Gasteiger partial charge is 0.508 e. The van der Waals surface area contributed by atoms with Crippen molar-refractivity contribution < 1.29 is 5.11 Å². The topological polar surface area (TPSA) is 58.6 Å². The normalized spacial score (nSPS) is 13.0. The molecule has 1 rings (SSSR count). The number of benzene rings is 1. The van der Waals surface area contributed by atoms with E-state index in [-0.39, 0.29) is 5.75 Å². The zero-order valence-electron chi connectivity index (χ0n) is 7.74. The van der Waals surface area contributed by atoms with Gasteiger partial charge in [-0.1, -0.05) is 0 Å². The van der Waals surface area contributed by atoms with Crippen molar-refractivity contribution >= 4 is 27.8 Å². The number of hydrogen-bond acceptors (Lipinski definition) is 3. The molecule has 14 heavy (non-hydrogen) atoms. The molecule has 4 heteroatoms. The summed E-state index contributed by atoms with van der Waals surface area (Å²) < 4.78 is 0.727. The molecule has 3 nitrogen and oxygen atoms in total. The van der Waals surface area contributed by atoms with E-state index in [1.54, 1.807) is 37.5 Å². The van der Waals surface area contributed by atoms with Gasteiger partial charge in [0.2, 0.25) is 0 Å². The highest BCUT2D eigenvalue weighted by Gasteiger charge is 2.00. The number of phenolic OH excluding ortho intramolecular Hbond substituents is 1. The molecule has 0 aromatic heterocycles. The zero-order chi connectivity index (χ0) is 10.6. The Morgan fingerprint density at radius 3 is 2.50 bits per heavy atom. The number of phenols is 1. The van der Waals surface area contributed by atoms with Crippen LogP contribution in [0.15, 0.2) is 33.7 Å². The summed E-state index contributed by atoms with van der Waals surface area (Å²) in [5, 5.41) is 9.09. The predicted molar refractivity (Wildman–Crippen MR) is 62.6 cm³/mol. The van der Waals surface area contributed by atoms with Crippen molar-refractivity contribution in [3.05, 3.63) is 34.3 Å². The summed E-state index contributed by atoms with van der Waals surface area (Å²) in [5.41, 5.74) is 7.27. The number of hydrogen-bond donors (Lipinski definition) is 2. The van der Waals surface area contributed by atoms with Crippen molar-refractivity contribution in [3.63, 3.8) is 0 Å². The molecule has 0 bridgehead atoms. The van der Waals surface area contributed by atoms with E-state index in [9.17, 15) is 0 Å². The van der Waals surface area contributed by atoms with Gasteiger partial charge in [-0.05, 0) is 45.8 Å². The Hall–Kier alpha value is -1.29. The zero-order valence-corrected chi connectivity index (χ0v) is 9.32. The van der Waals surface area contributed by atoms with Gasteiger partial charge in [0.15, 0.2) is 0 Å². The van der Waals surface area contributed by atoms with Gasteiger partial charge in [-0.15, -0.1) is 0 Å². The lowest BCUT2D eigenvalue weighted by atomic mass is 10.1. The standard InChI is InChI=1S/C10H11BrN2O/c1-13-6-9(11)10(12)7-2-4-8(14)5-3-7/h2-6,14H,12H2,1H3. The molecule has 0 aliphatic carbocycles. The third kappa shape index (κ3) is 2.60. The molecule has 1 aromatic rings. The molecule has 0 atom stereocenters. The summed E-state index contributed by atoms with van der Waals surface area (Å²) in [4.78, 5) is 3.84. The second kappa shape index (κ2) is 4.81. The fourth-order valence-corrected chi connectivity index (χ4v) is 1.40. The number of halogens is 1. The molecule has 0 amide bonds. The van der Waals surface area contributed by atoms with Gasteiger partial charge in [0.25, 0.3) is 0 Å². The number of aromatic hydroxyl groups is 1. The summed E-state index contributed by atoms with van der Waals surface area (Å²) in [7, 11) is 1.67. The van der Waals surface area contributed by atoms with Crippen LogP contribution in [-0.2, 0) is 0 Å². The second-order valence-electron chi connectivity index (χ2n) is 2.70. The maximum absolute atomic E-state index is 9.09. The van der Waals surface area contributed by atoms with Crippen LogP contribution in [-0.4, -0.2) is 18.4 Å². The SMILES string of the molecule is CN=CC(Br)=C(N)c1ccc(O)cc1. The van der Waals surface area contributed by atoms with Crippen molar-refractivity contribution in [2.75, 3.05) is 7.05 Å². The third-order valence-electron chi connectivity index (χ3n) is 1.68. The van der Waals surface area contributed by atoms with E-state index >= 15 is 0 Å². The van der Waals surface area contributed by atoms with Crippen molar-refractivity contribution in [2.24, 2.45) is 10.7 Å². The van der Waals surface area contributed by atoms with E-state index in [4.69, 9.17) is 10.8 Å². The summed E-state index contributed by atoms with van der Waals surface area (Å²) in [5.74, 6) is 0.224. The lowest BCUT2D eigenvalue weighted by Crippen LogP contribution is -1.99. The second-order valence-corrected chi connectivity index (χ2v) is 3.55. The molecule has 1 aromatic carbocycles. The first-order chi connectivity index (χ1) is 6.65. The number of nitrogens with zero attached hydrogens (tertiary/aromatic N) is 1. The van der Waals surface area contributed by atoms with Gasteiger partial charge in [0.05, 0.1) is 10.2 Å². The molecule has 0 spiro atoms. The highest BCUT2D eigenvalue weighted by molar-refractivity contribution is 9.12. The van der Waals surface area contributed by atoms with Crippen molar-refractivity contribution in [2.45, 2.75) is 0 Å². The van der Waals surface area contributed by atoms with Crippen LogP contribution in [0.3, 0.4) is 0 Å². The van der Waals surface area contributed by atoms with Crippen molar-refractivity contribution in [1.29, 1.82) is 0 Å². The van der Waals surface area contributed by atoms with E-state index in [0.717, 1.165) is 10.0 Å². The minimum atomic E-state index is 0.224. The monoisotopic (exact) mass is 254 g/mol. The average molecular weight is 255 g/mol. The van der Waals surface area contributed by atoms with E-state index in [1.165, 1.54) is 0 Å². The van der Waals surface area contributed by atoms with Gasteiger partial charge in [-0.25, -0.2) is 0 Å². The minimum Gasteiger partial charge on any atom is -0.508 e. The summed E-state index contributed by atoms with van der Waals surface area (Å²) in [6, 6.07) is 6.67. The molecule has 0 heterocycles. The van der Waals surface area contributed by atoms with Crippen LogP contribution in [0.5, 0.6) is 5.75 Å². The van der Waals surface area contributed by atoms with Crippen LogP contribution >= 0.6 is 15.9 Å². The van der Waals surface area contributed by atoms with Crippen LogP contribution in [0, 0.1) is 0 Å². The third-order valence-corrected chi connectivity index (χ3v) is 2.31. The maximum Gasteiger partial charge on any atom is 0.115 e. The Labute approximate surface area is 91.1 Å². The summed E-state index contributed by atoms with van der Waals surface area (Å²) in [6.45, 7) is 0. The van der Waals surface area contributed by atoms with E-state index in [2.05, 4.69) is 20.9 Å². The van der Waals surface area contributed by atoms with Gasteiger partial charge in [-0.3, -0.25) is 4.99 Å². The number of aliphatic imine (C=N–C) groups is 1. The van der Waals surface area contributed by atoms with Gasteiger partial charge in [-0.2, -0.15) is 0 Å². The van der Waals surface area contributed by atoms with Crippen LogP contribution < -0.4 is 5.73 Å². The molecule has 0 radical (unpaired) electrons. The first-order valence-corrected chi connectivity index (χ1v) is 4.81. The first-order valence-electron chi connectivity index (χ1n) is 4.02. The molecule has 0 unspecified atom stereocenters. The Balaban J connectivity index is 3.05. The van der Waals surface area contributed by atoms with Gasteiger partial charge in [0.1, 0.15) is 5.75 Å². The number of nitrogens with two attached hydrogens (primary N) is 1. The van der Waals surface area contributed by atoms with Crippen LogP contribution in [0.1, 0.15) is 5.56 Å². The van der Waals surface area contributed by atoms with Gasteiger partial charge in [0, 0.05) is 13.3 Å². The Bertz CT molecular complexity index is 368. The van der Waals surface area contributed by atoms with E-state index in [1.807, 2.05) is 0 Å². The van der Waals surface area contributed by atoms with Crippen LogP contribution in [0.2, 0.25) is 0 Å². The lowest BCUT2D eigenvalue weighted by molar-refractivity contribution is 0.475. The Morgan fingerprint density at radius 1 is 1.43 bits per heavy atom. The molecular formula is C10H11BrN2O. The smallest absolute Gasteiger partial charge is 0.115 e. The molecule has 0 saturated heterocycles. The lowest BCUT2D eigenvalue weighted by Gasteiger charge is -2.02. The molecular weight excluding hydrogens is 244 g/mol. The van der Waals surface area contributed by atoms with Crippen molar-refractivity contribution in [1.82, 2.24) is 0 Å². The van der Waals surface area contributed by atoms with Crippen LogP contribution in [0.4, 0.5) is 0 Å². The van der Waals surface area contributed by atoms with Gasteiger partial charge < -0.3 is 10.8 Å². The van der Waals surface area contributed by atoms with E-state index < -0.39 is 0 Å².